The van der Waals surface area contributed by atoms with E-state index in [1.54, 1.807) is 23.8 Å². The molecular formula is C20H29N4OS+. The lowest BCUT2D eigenvalue weighted by molar-refractivity contribution is -0.898. The van der Waals surface area contributed by atoms with Crippen molar-refractivity contribution in [3.8, 4) is 17.1 Å². The van der Waals surface area contributed by atoms with E-state index in [0.29, 0.717) is 5.25 Å². The first-order valence-electron chi connectivity index (χ1n) is 9.37. The third-order valence-electron chi connectivity index (χ3n) is 4.69. The number of quaternary nitrogens is 1. The highest BCUT2D eigenvalue weighted by atomic mass is 32.2. The molecule has 1 fully saturated rings. The highest BCUT2D eigenvalue weighted by molar-refractivity contribution is 7.99. The Hall–Kier alpha value is -1.79. The Morgan fingerprint density at radius 1 is 1.15 bits per heavy atom. The van der Waals surface area contributed by atoms with Gasteiger partial charge in [0.15, 0.2) is 5.82 Å². The van der Waals surface area contributed by atoms with Crippen LogP contribution in [0.1, 0.15) is 20.8 Å². The predicted octanol–water partition coefficient (Wildman–Crippen LogP) is 2.38. The summed E-state index contributed by atoms with van der Waals surface area (Å²) in [5.41, 5.74) is 1.02. The van der Waals surface area contributed by atoms with Crippen molar-refractivity contribution >= 4 is 17.6 Å². The first-order valence-corrected chi connectivity index (χ1v) is 10.3. The summed E-state index contributed by atoms with van der Waals surface area (Å²) in [6.07, 6.45) is 0. The van der Waals surface area contributed by atoms with Crippen LogP contribution in [0.2, 0.25) is 0 Å². The van der Waals surface area contributed by atoms with E-state index in [0.717, 1.165) is 41.1 Å². The van der Waals surface area contributed by atoms with E-state index in [1.165, 1.54) is 19.6 Å². The summed E-state index contributed by atoms with van der Waals surface area (Å²) in [7, 11) is 1.68. The average Bonchev–Trinajstić information content (AvgIpc) is 2.67. The number of hydrogen-bond donors (Lipinski definition) is 1. The van der Waals surface area contributed by atoms with Gasteiger partial charge in [0, 0.05) is 16.9 Å². The fourth-order valence-electron chi connectivity index (χ4n) is 3.15. The first-order chi connectivity index (χ1) is 12.6. The summed E-state index contributed by atoms with van der Waals surface area (Å²) in [6.45, 7) is 12.3. The number of thioether (sulfide) groups is 1. The highest BCUT2D eigenvalue weighted by Gasteiger charge is 2.21. The smallest absolute Gasteiger partial charge is 0.162 e. The molecule has 3 rings (SSSR count). The average molecular weight is 374 g/mol. The second-order valence-electron chi connectivity index (χ2n) is 6.87. The molecule has 2 heterocycles. The van der Waals surface area contributed by atoms with Crippen molar-refractivity contribution in [1.29, 1.82) is 0 Å². The van der Waals surface area contributed by atoms with Crippen LogP contribution >= 0.6 is 11.8 Å². The number of ether oxygens (including phenoxy) is 1. The van der Waals surface area contributed by atoms with E-state index >= 15 is 0 Å². The van der Waals surface area contributed by atoms with Gasteiger partial charge in [0.25, 0.3) is 0 Å². The Morgan fingerprint density at radius 2 is 1.85 bits per heavy atom. The molecule has 0 saturated carbocycles. The maximum absolute atomic E-state index is 5.27. The molecule has 1 aliphatic heterocycles. The molecule has 0 spiro atoms. The fraction of sp³-hybridized carbons (Fsp3) is 0.500. The number of likely N-dealkylation sites (N-methyl/N-ethyl adjacent to an activating group) is 1. The number of piperazine rings is 1. The largest absolute Gasteiger partial charge is 0.497 e. The number of nitrogens with one attached hydrogen (secondary N) is 1. The van der Waals surface area contributed by atoms with Crippen molar-refractivity contribution in [3.63, 3.8) is 0 Å². The minimum absolute atomic E-state index is 0.489. The van der Waals surface area contributed by atoms with Crippen LogP contribution < -0.4 is 14.5 Å². The summed E-state index contributed by atoms with van der Waals surface area (Å²) in [5.74, 6) is 2.68. The Bertz CT molecular complexity index is 712. The van der Waals surface area contributed by atoms with Crippen molar-refractivity contribution in [2.75, 3.05) is 44.7 Å². The minimum atomic E-state index is 0.489. The third-order valence-corrected chi connectivity index (χ3v) is 5.61. The quantitative estimate of drug-likeness (QED) is 0.622. The van der Waals surface area contributed by atoms with Gasteiger partial charge in [0.2, 0.25) is 0 Å². The number of methoxy groups -OCH3 is 1. The summed E-state index contributed by atoms with van der Waals surface area (Å²) >= 11 is 1.79. The highest BCUT2D eigenvalue weighted by Crippen LogP contribution is 2.28. The molecule has 26 heavy (non-hydrogen) atoms. The van der Waals surface area contributed by atoms with Crippen molar-refractivity contribution in [3.05, 3.63) is 30.3 Å². The van der Waals surface area contributed by atoms with Crippen LogP contribution in [-0.2, 0) is 0 Å². The maximum Gasteiger partial charge on any atom is 0.162 e. The molecule has 2 aromatic rings. The standard InChI is InChI=1S/C20H28N4OS/c1-5-23-10-12-24(13-11-23)18-14-19(26-15(2)3)22-20(21-18)16-6-8-17(25-4)9-7-16/h6-9,14-15H,5,10-13H2,1-4H3/p+1. The monoisotopic (exact) mass is 373 g/mol. The number of nitrogens with zero attached hydrogens (tertiary/aromatic N) is 3. The van der Waals surface area contributed by atoms with Gasteiger partial charge < -0.3 is 14.5 Å². The van der Waals surface area contributed by atoms with Crippen LogP contribution in [0.5, 0.6) is 5.75 Å². The van der Waals surface area contributed by atoms with Crippen LogP contribution in [0, 0.1) is 0 Å². The molecule has 0 radical (unpaired) electrons. The summed E-state index contributed by atoms with van der Waals surface area (Å²) in [4.78, 5) is 13.8. The van der Waals surface area contributed by atoms with E-state index in [-0.39, 0.29) is 0 Å². The zero-order valence-corrected chi connectivity index (χ0v) is 17.0. The number of aromatic nitrogens is 2. The molecule has 0 atom stereocenters. The number of hydrogen-bond acceptors (Lipinski definition) is 5. The Labute approximate surface area is 160 Å². The second-order valence-corrected chi connectivity index (χ2v) is 8.47. The molecule has 5 nitrogen and oxygen atoms in total. The van der Waals surface area contributed by atoms with Crippen LogP contribution in [0.3, 0.4) is 0 Å². The molecule has 0 unspecified atom stereocenters. The SMILES string of the molecule is CC[NH+]1CCN(c2cc(SC(C)C)nc(-c3ccc(OC)cc3)n2)CC1. The summed E-state index contributed by atoms with van der Waals surface area (Å²) in [6, 6.07) is 10.1. The lowest BCUT2D eigenvalue weighted by atomic mass is 10.2. The molecule has 1 aliphatic rings. The van der Waals surface area contributed by atoms with Crippen molar-refractivity contribution in [2.45, 2.75) is 31.0 Å². The van der Waals surface area contributed by atoms with Gasteiger partial charge in [-0.2, -0.15) is 0 Å². The van der Waals surface area contributed by atoms with Gasteiger partial charge in [-0.1, -0.05) is 13.8 Å². The zero-order chi connectivity index (χ0) is 18.5. The lowest BCUT2D eigenvalue weighted by Crippen LogP contribution is -3.14. The zero-order valence-electron chi connectivity index (χ0n) is 16.2. The molecule has 0 bridgehead atoms. The lowest BCUT2D eigenvalue weighted by Gasteiger charge is -2.32. The van der Waals surface area contributed by atoms with Crippen LogP contribution in [-0.4, -0.2) is 55.1 Å². The van der Waals surface area contributed by atoms with Gasteiger partial charge in [-0.3, -0.25) is 0 Å². The third kappa shape index (κ3) is 4.68. The van der Waals surface area contributed by atoms with Crippen LogP contribution in [0.15, 0.2) is 35.4 Å². The van der Waals surface area contributed by atoms with Gasteiger partial charge in [-0.15, -0.1) is 11.8 Å². The Kier molecular flexibility index (Phi) is 6.38. The number of anilines is 1. The first kappa shape index (κ1) is 19.0. The molecule has 0 aliphatic carbocycles. The van der Waals surface area contributed by atoms with Crippen LogP contribution in [0.25, 0.3) is 11.4 Å². The van der Waals surface area contributed by atoms with Crippen LogP contribution in [0.4, 0.5) is 5.82 Å². The normalized spacial score (nSPS) is 15.5. The van der Waals surface area contributed by atoms with E-state index in [9.17, 15) is 0 Å². The fourth-order valence-corrected chi connectivity index (χ4v) is 3.95. The molecule has 140 valence electrons. The van der Waals surface area contributed by atoms with Gasteiger partial charge in [-0.05, 0) is 31.2 Å². The second kappa shape index (κ2) is 8.73. The van der Waals surface area contributed by atoms with Gasteiger partial charge in [-0.25, -0.2) is 9.97 Å². The summed E-state index contributed by atoms with van der Waals surface area (Å²) in [5, 5.41) is 1.53. The molecular weight excluding hydrogens is 344 g/mol. The van der Waals surface area contributed by atoms with Gasteiger partial charge in [0.1, 0.15) is 16.6 Å². The molecule has 1 aromatic carbocycles. The molecule has 0 amide bonds. The Balaban J connectivity index is 1.90. The predicted molar refractivity (Wildman–Crippen MR) is 108 cm³/mol. The van der Waals surface area contributed by atoms with E-state index in [2.05, 4.69) is 31.7 Å². The van der Waals surface area contributed by atoms with Crippen molar-refractivity contribution in [1.82, 2.24) is 9.97 Å². The molecule has 1 N–H and O–H groups in total. The number of benzene rings is 1. The molecule has 1 aromatic heterocycles. The van der Waals surface area contributed by atoms with E-state index in [4.69, 9.17) is 14.7 Å². The van der Waals surface area contributed by atoms with Gasteiger partial charge in [0.05, 0.1) is 39.8 Å². The minimum Gasteiger partial charge on any atom is -0.497 e. The topological polar surface area (TPSA) is 42.7 Å². The summed E-state index contributed by atoms with van der Waals surface area (Å²) < 4.78 is 5.27. The number of rotatable bonds is 6. The maximum atomic E-state index is 5.27. The van der Waals surface area contributed by atoms with Crippen molar-refractivity contribution < 1.29 is 9.64 Å². The van der Waals surface area contributed by atoms with Crippen molar-refractivity contribution in [2.24, 2.45) is 0 Å². The van der Waals surface area contributed by atoms with E-state index in [1.807, 2.05) is 24.3 Å². The Morgan fingerprint density at radius 3 is 2.42 bits per heavy atom. The van der Waals surface area contributed by atoms with E-state index < -0.39 is 0 Å². The van der Waals surface area contributed by atoms with Gasteiger partial charge >= 0.3 is 0 Å². The molecule has 1 saturated heterocycles. The molecule has 6 heteroatoms.